The first-order chi connectivity index (χ1) is 8.23. The zero-order valence-electron chi connectivity index (χ0n) is 9.42. The smallest absolute Gasteiger partial charge is 0.376 e. The largest absolute Gasteiger partial charge is 0.421 e. The van der Waals surface area contributed by atoms with Crippen LogP contribution in [0.25, 0.3) is 10.8 Å². The van der Waals surface area contributed by atoms with E-state index in [1.807, 2.05) is 0 Å². The molecule has 0 aliphatic heterocycles. The summed E-state index contributed by atoms with van der Waals surface area (Å²) in [6, 6.07) is 8.93. The standard InChI is InChI=1S/C13H10ClF3O/c1-12(18,13(15,16)17)11-4-2-3-8-7-9(14)5-6-10(8)11/h2-7,18H,1H3. The minimum atomic E-state index is -4.74. The summed E-state index contributed by atoms with van der Waals surface area (Å²) in [5.41, 5.74) is -3.07. The molecule has 1 N–H and O–H groups in total. The molecule has 2 aromatic carbocycles. The van der Waals surface area contributed by atoms with Gasteiger partial charge in [-0.05, 0) is 29.8 Å². The maximum Gasteiger partial charge on any atom is 0.421 e. The van der Waals surface area contributed by atoms with Crippen LogP contribution in [0.1, 0.15) is 12.5 Å². The molecule has 0 amide bonds. The van der Waals surface area contributed by atoms with Crippen molar-refractivity contribution in [3.05, 3.63) is 47.0 Å². The molecule has 0 aliphatic rings. The van der Waals surface area contributed by atoms with E-state index >= 15 is 0 Å². The molecule has 96 valence electrons. The van der Waals surface area contributed by atoms with Gasteiger partial charge in [-0.3, -0.25) is 0 Å². The molecular formula is C13H10ClF3O. The number of aliphatic hydroxyl groups is 1. The fourth-order valence-corrected chi connectivity index (χ4v) is 2.01. The Morgan fingerprint density at radius 2 is 1.78 bits per heavy atom. The summed E-state index contributed by atoms with van der Waals surface area (Å²) >= 11 is 5.79. The van der Waals surface area contributed by atoms with Gasteiger partial charge in [0.2, 0.25) is 0 Å². The van der Waals surface area contributed by atoms with Crippen molar-refractivity contribution in [3.8, 4) is 0 Å². The van der Waals surface area contributed by atoms with Gasteiger partial charge in [0.15, 0.2) is 5.60 Å². The maximum absolute atomic E-state index is 12.9. The van der Waals surface area contributed by atoms with E-state index in [-0.39, 0.29) is 5.56 Å². The van der Waals surface area contributed by atoms with Crippen molar-refractivity contribution in [2.75, 3.05) is 0 Å². The van der Waals surface area contributed by atoms with Crippen LogP contribution in [0.5, 0.6) is 0 Å². The van der Waals surface area contributed by atoms with Crippen molar-refractivity contribution in [2.45, 2.75) is 18.7 Å². The fraction of sp³-hybridized carbons (Fsp3) is 0.231. The first-order valence-electron chi connectivity index (χ1n) is 5.21. The molecule has 0 radical (unpaired) electrons. The Labute approximate surface area is 107 Å². The van der Waals surface area contributed by atoms with E-state index < -0.39 is 11.8 Å². The zero-order valence-corrected chi connectivity index (χ0v) is 10.2. The molecule has 0 aliphatic carbocycles. The van der Waals surface area contributed by atoms with Crippen molar-refractivity contribution in [1.29, 1.82) is 0 Å². The minimum absolute atomic E-state index is 0.177. The van der Waals surface area contributed by atoms with Crippen LogP contribution < -0.4 is 0 Å². The topological polar surface area (TPSA) is 20.2 Å². The van der Waals surface area contributed by atoms with E-state index in [4.69, 9.17) is 11.6 Å². The van der Waals surface area contributed by atoms with Gasteiger partial charge in [0.25, 0.3) is 0 Å². The normalized spacial score (nSPS) is 15.7. The molecule has 0 fully saturated rings. The average molecular weight is 275 g/mol. The first kappa shape index (κ1) is 13.2. The van der Waals surface area contributed by atoms with Gasteiger partial charge in [-0.25, -0.2) is 0 Å². The minimum Gasteiger partial charge on any atom is -0.376 e. The van der Waals surface area contributed by atoms with Crippen LogP contribution >= 0.6 is 11.6 Å². The number of fused-ring (bicyclic) bond motifs is 1. The van der Waals surface area contributed by atoms with Gasteiger partial charge >= 0.3 is 6.18 Å². The summed E-state index contributed by atoms with van der Waals surface area (Å²) < 4.78 is 38.6. The zero-order chi connectivity index (χ0) is 13.6. The van der Waals surface area contributed by atoms with E-state index in [2.05, 4.69) is 0 Å². The van der Waals surface area contributed by atoms with Crippen LogP contribution in [0, 0.1) is 0 Å². The molecule has 0 saturated heterocycles. The van der Waals surface area contributed by atoms with Crippen molar-refractivity contribution >= 4 is 22.4 Å². The van der Waals surface area contributed by atoms with Crippen LogP contribution in [-0.2, 0) is 5.60 Å². The van der Waals surface area contributed by atoms with Gasteiger partial charge in [0.1, 0.15) is 0 Å². The van der Waals surface area contributed by atoms with Crippen LogP contribution in [0.2, 0.25) is 5.02 Å². The molecule has 18 heavy (non-hydrogen) atoms. The fourth-order valence-electron chi connectivity index (χ4n) is 1.83. The second-order valence-electron chi connectivity index (χ2n) is 4.24. The van der Waals surface area contributed by atoms with Crippen molar-refractivity contribution in [3.63, 3.8) is 0 Å². The molecule has 0 heterocycles. The van der Waals surface area contributed by atoms with Crippen molar-refractivity contribution in [1.82, 2.24) is 0 Å². The predicted molar refractivity (Wildman–Crippen MR) is 64.6 cm³/mol. The quantitative estimate of drug-likeness (QED) is 0.824. The molecule has 0 bridgehead atoms. The van der Waals surface area contributed by atoms with Gasteiger partial charge < -0.3 is 5.11 Å². The molecular weight excluding hydrogens is 265 g/mol. The van der Waals surface area contributed by atoms with Crippen LogP contribution in [-0.4, -0.2) is 11.3 Å². The summed E-state index contributed by atoms with van der Waals surface area (Å²) in [6.07, 6.45) is -4.74. The second kappa shape index (κ2) is 4.14. The SMILES string of the molecule is CC(O)(c1cccc2cc(Cl)ccc12)C(F)(F)F. The van der Waals surface area contributed by atoms with E-state index in [0.29, 0.717) is 15.8 Å². The molecule has 0 aromatic heterocycles. The summed E-state index contributed by atoms with van der Waals surface area (Å²) in [7, 11) is 0. The lowest BCUT2D eigenvalue weighted by Gasteiger charge is -2.27. The molecule has 0 saturated carbocycles. The average Bonchev–Trinajstić information content (AvgIpc) is 2.26. The Bertz CT molecular complexity index is 590. The van der Waals surface area contributed by atoms with Crippen LogP contribution in [0.4, 0.5) is 13.2 Å². The molecule has 2 rings (SSSR count). The highest BCUT2D eigenvalue weighted by atomic mass is 35.5. The number of alkyl halides is 3. The third kappa shape index (κ3) is 2.06. The summed E-state index contributed by atoms with van der Waals surface area (Å²) in [6.45, 7) is 0.746. The Morgan fingerprint density at radius 3 is 2.39 bits per heavy atom. The van der Waals surface area contributed by atoms with E-state index in [1.165, 1.54) is 24.3 Å². The molecule has 5 heteroatoms. The lowest BCUT2D eigenvalue weighted by molar-refractivity contribution is -0.258. The molecule has 0 spiro atoms. The van der Waals surface area contributed by atoms with Crippen molar-refractivity contribution < 1.29 is 18.3 Å². The lowest BCUT2D eigenvalue weighted by atomic mass is 9.90. The monoisotopic (exact) mass is 274 g/mol. The van der Waals surface area contributed by atoms with Gasteiger partial charge in [-0.1, -0.05) is 35.9 Å². The van der Waals surface area contributed by atoms with Crippen LogP contribution in [0.15, 0.2) is 36.4 Å². The number of hydrogen-bond donors (Lipinski definition) is 1. The highest BCUT2D eigenvalue weighted by Gasteiger charge is 2.51. The summed E-state index contributed by atoms with van der Waals surface area (Å²) in [5.74, 6) is 0. The number of hydrogen-bond acceptors (Lipinski definition) is 1. The van der Waals surface area contributed by atoms with E-state index in [1.54, 1.807) is 12.1 Å². The second-order valence-corrected chi connectivity index (χ2v) is 4.68. The molecule has 2 aromatic rings. The lowest BCUT2D eigenvalue weighted by Crippen LogP contribution is -2.39. The molecule has 1 unspecified atom stereocenters. The van der Waals surface area contributed by atoms with Crippen LogP contribution in [0.3, 0.4) is 0 Å². The molecule has 1 nitrogen and oxygen atoms in total. The first-order valence-corrected chi connectivity index (χ1v) is 5.59. The number of benzene rings is 2. The molecule has 1 atom stereocenters. The third-order valence-corrected chi connectivity index (χ3v) is 3.15. The Balaban J connectivity index is 2.73. The van der Waals surface area contributed by atoms with E-state index in [9.17, 15) is 18.3 Å². The highest BCUT2D eigenvalue weighted by Crippen LogP contribution is 2.41. The highest BCUT2D eigenvalue weighted by molar-refractivity contribution is 6.31. The van der Waals surface area contributed by atoms with Gasteiger partial charge in [0, 0.05) is 10.6 Å². The summed E-state index contributed by atoms with van der Waals surface area (Å²) in [4.78, 5) is 0. The predicted octanol–water partition coefficient (Wildman–Crippen LogP) is 4.26. The van der Waals surface area contributed by atoms with Gasteiger partial charge in [-0.15, -0.1) is 0 Å². The third-order valence-electron chi connectivity index (χ3n) is 2.92. The Kier molecular flexibility index (Phi) is 3.03. The van der Waals surface area contributed by atoms with Gasteiger partial charge in [0.05, 0.1) is 0 Å². The Morgan fingerprint density at radius 1 is 1.11 bits per heavy atom. The Hall–Kier alpha value is -1.26. The van der Waals surface area contributed by atoms with E-state index in [0.717, 1.165) is 6.92 Å². The number of rotatable bonds is 1. The number of halogens is 4. The summed E-state index contributed by atoms with van der Waals surface area (Å²) in [5, 5.41) is 11.1. The maximum atomic E-state index is 12.9. The van der Waals surface area contributed by atoms with Crippen molar-refractivity contribution in [2.24, 2.45) is 0 Å². The van der Waals surface area contributed by atoms with Gasteiger partial charge in [-0.2, -0.15) is 13.2 Å².